The number of hydrogen-bond donors (Lipinski definition) is 1. The second-order valence-corrected chi connectivity index (χ2v) is 5.65. The van der Waals surface area contributed by atoms with Crippen LogP contribution in [0.5, 0.6) is 0 Å². The zero-order valence-electron chi connectivity index (χ0n) is 13.2. The number of ether oxygens (including phenoxy) is 1. The van der Waals surface area contributed by atoms with Crippen molar-refractivity contribution in [3.05, 3.63) is 71.8 Å². The fraction of sp³-hybridized carbons (Fsp3) is 0.316. The van der Waals surface area contributed by atoms with Crippen molar-refractivity contribution in [3.63, 3.8) is 0 Å². The minimum absolute atomic E-state index is 0.0280. The Bertz CT molecular complexity index is 610. The zero-order valence-corrected chi connectivity index (χ0v) is 13.2. The highest BCUT2D eigenvalue weighted by Crippen LogP contribution is 2.21. The number of amides is 1. The van der Waals surface area contributed by atoms with Gasteiger partial charge in [0.1, 0.15) is 0 Å². The van der Waals surface area contributed by atoms with E-state index in [9.17, 15) is 4.79 Å². The third-order valence-corrected chi connectivity index (χ3v) is 4.16. The van der Waals surface area contributed by atoms with E-state index in [0.29, 0.717) is 12.1 Å². The summed E-state index contributed by atoms with van der Waals surface area (Å²) in [4.78, 5) is 14.7. The van der Waals surface area contributed by atoms with Crippen molar-refractivity contribution in [1.82, 2.24) is 10.2 Å². The third kappa shape index (κ3) is 4.18. The van der Waals surface area contributed by atoms with Crippen LogP contribution in [0.3, 0.4) is 0 Å². The van der Waals surface area contributed by atoms with Crippen LogP contribution in [0.2, 0.25) is 0 Å². The number of nitrogens with zero attached hydrogens (tertiary/aromatic N) is 1. The van der Waals surface area contributed by atoms with Crippen LogP contribution < -0.4 is 5.32 Å². The second-order valence-electron chi connectivity index (χ2n) is 5.65. The van der Waals surface area contributed by atoms with E-state index in [0.717, 1.165) is 26.3 Å². The molecule has 0 unspecified atom stereocenters. The highest BCUT2D eigenvalue weighted by atomic mass is 16.5. The van der Waals surface area contributed by atoms with Crippen LogP contribution in [0.15, 0.2) is 60.7 Å². The second kappa shape index (κ2) is 7.90. The third-order valence-electron chi connectivity index (χ3n) is 4.16. The molecule has 1 aliphatic heterocycles. The van der Waals surface area contributed by atoms with Crippen LogP contribution >= 0.6 is 0 Å². The molecule has 4 heteroatoms. The first-order chi connectivity index (χ1) is 11.3. The van der Waals surface area contributed by atoms with Gasteiger partial charge in [0.25, 0.3) is 5.91 Å². The number of carbonyl (C=O) groups is 1. The first kappa shape index (κ1) is 15.7. The van der Waals surface area contributed by atoms with Crippen LogP contribution in [0.4, 0.5) is 0 Å². The Morgan fingerprint density at radius 3 is 2.26 bits per heavy atom. The number of nitrogens with one attached hydrogen (secondary N) is 1. The topological polar surface area (TPSA) is 41.6 Å². The molecule has 0 saturated carbocycles. The Hall–Kier alpha value is -2.17. The number of morpholine rings is 1. The maximum absolute atomic E-state index is 12.3. The summed E-state index contributed by atoms with van der Waals surface area (Å²) in [5.74, 6) is -0.0280. The van der Waals surface area contributed by atoms with Gasteiger partial charge < -0.3 is 10.1 Å². The average molecular weight is 310 g/mol. The van der Waals surface area contributed by atoms with Gasteiger partial charge in [0.05, 0.1) is 19.3 Å². The molecule has 0 aromatic heterocycles. The zero-order chi connectivity index (χ0) is 15.9. The summed E-state index contributed by atoms with van der Waals surface area (Å²) in [6, 6.07) is 19.9. The molecule has 3 rings (SSSR count). The van der Waals surface area contributed by atoms with Crippen molar-refractivity contribution in [2.75, 3.05) is 32.8 Å². The molecule has 0 bridgehead atoms. The standard InChI is InChI=1S/C19H22N2O2/c22-19(17-9-5-2-6-10-17)20-15-18(16-7-3-1-4-8-16)21-11-13-23-14-12-21/h1-10,18H,11-15H2,(H,20,22)/t18-/m1/s1. The van der Waals surface area contributed by atoms with Gasteiger partial charge in [-0.2, -0.15) is 0 Å². The highest BCUT2D eigenvalue weighted by molar-refractivity contribution is 5.94. The Labute approximate surface area is 137 Å². The lowest BCUT2D eigenvalue weighted by atomic mass is 10.0. The molecule has 1 amide bonds. The normalized spacial score (nSPS) is 16.7. The summed E-state index contributed by atoms with van der Waals surface area (Å²) < 4.78 is 5.45. The monoisotopic (exact) mass is 310 g/mol. The van der Waals surface area contributed by atoms with Crippen molar-refractivity contribution in [3.8, 4) is 0 Å². The van der Waals surface area contributed by atoms with E-state index in [1.807, 2.05) is 48.5 Å². The molecule has 23 heavy (non-hydrogen) atoms. The molecular weight excluding hydrogens is 288 g/mol. The average Bonchev–Trinajstić information content (AvgIpc) is 2.64. The van der Waals surface area contributed by atoms with E-state index in [1.54, 1.807) is 0 Å². The lowest BCUT2D eigenvalue weighted by Crippen LogP contribution is -2.43. The van der Waals surface area contributed by atoms with Crippen LogP contribution in [-0.4, -0.2) is 43.7 Å². The van der Waals surface area contributed by atoms with Gasteiger partial charge in [0.2, 0.25) is 0 Å². The SMILES string of the molecule is O=C(NC[C@H](c1ccccc1)N1CCOCC1)c1ccccc1. The fourth-order valence-electron chi connectivity index (χ4n) is 2.90. The van der Waals surface area contributed by atoms with Crippen LogP contribution in [0.1, 0.15) is 22.0 Å². The summed E-state index contributed by atoms with van der Waals surface area (Å²) in [7, 11) is 0. The van der Waals surface area contributed by atoms with Gasteiger partial charge in [-0.05, 0) is 17.7 Å². The maximum atomic E-state index is 12.3. The van der Waals surface area contributed by atoms with Gasteiger partial charge in [-0.15, -0.1) is 0 Å². The molecule has 4 nitrogen and oxygen atoms in total. The molecular formula is C19H22N2O2. The number of rotatable bonds is 5. The van der Waals surface area contributed by atoms with E-state index in [-0.39, 0.29) is 11.9 Å². The van der Waals surface area contributed by atoms with Gasteiger partial charge in [-0.1, -0.05) is 48.5 Å². The van der Waals surface area contributed by atoms with Crippen molar-refractivity contribution < 1.29 is 9.53 Å². The molecule has 120 valence electrons. The Balaban J connectivity index is 1.70. The van der Waals surface area contributed by atoms with E-state index in [2.05, 4.69) is 22.3 Å². The molecule has 1 atom stereocenters. The number of hydrogen-bond acceptors (Lipinski definition) is 3. The minimum atomic E-state index is -0.0280. The van der Waals surface area contributed by atoms with E-state index < -0.39 is 0 Å². The van der Waals surface area contributed by atoms with E-state index >= 15 is 0 Å². The summed E-state index contributed by atoms with van der Waals surface area (Å²) in [6.45, 7) is 3.87. The highest BCUT2D eigenvalue weighted by Gasteiger charge is 2.23. The summed E-state index contributed by atoms with van der Waals surface area (Å²) in [5.41, 5.74) is 1.92. The molecule has 0 radical (unpaired) electrons. The van der Waals surface area contributed by atoms with Crippen molar-refractivity contribution in [2.45, 2.75) is 6.04 Å². The van der Waals surface area contributed by atoms with Gasteiger partial charge in [0.15, 0.2) is 0 Å². The van der Waals surface area contributed by atoms with Gasteiger partial charge in [-0.25, -0.2) is 0 Å². The van der Waals surface area contributed by atoms with Crippen molar-refractivity contribution in [1.29, 1.82) is 0 Å². The molecule has 0 aliphatic carbocycles. The summed E-state index contributed by atoms with van der Waals surface area (Å²) in [6.07, 6.45) is 0. The number of benzene rings is 2. The lowest BCUT2D eigenvalue weighted by Gasteiger charge is -2.35. The quantitative estimate of drug-likeness (QED) is 0.922. The maximum Gasteiger partial charge on any atom is 0.251 e. The summed E-state index contributed by atoms with van der Waals surface area (Å²) in [5, 5.41) is 3.07. The van der Waals surface area contributed by atoms with Gasteiger partial charge in [0, 0.05) is 25.2 Å². The van der Waals surface area contributed by atoms with Crippen LogP contribution in [0.25, 0.3) is 0 Å². The largest absolute Gasteiger partial charge is 0.379 e. The van der Waals surface area contributed by atoms with Crippen LogP contribution in [-0.2, 0) is 4.74 Å². The van der Waals surface area contributed by atoms with E-state index in [4.69, 9.17) is 4.74 Å². The first-order valence-corrected chi connectivity index (χ1v) is 8.04. The first-order valence-electron chi connectivity index (χ1n) is 8.04. The molecule has 1 aliphatic rings. The predicted molar refractivity (Wildman–Crippen MR) is 90.4 cm³/mol. The lowest BCUT2D eigenvalue weighted by molar-refractivity contribution is 0.0162. The van der Waals surface area contributed by atoms with Gasteiger partial charge in [-0.3, -0.25) is 9.69 Å². The predicted octanol–water partition coefficient (Wildman–Crippen LogP) is 2.49. The molecule has 1 fully saturated rings. The van der Waals surface area contributed by atoms with Gasteiger partial charge >= 0.3 is 0 Å². The van der Waals surface area contributed by atoms with Crippen LogP contribution in [0, 0.1) is 0 Å². The van der Waals surface area contributed by atoms with E-state index in [1.165, 1.54) is 5.56 Å². The summed E-state index contributed by atoms with van der Waals surface area (Å²) >= 11 is 0. The number of carbonyl (C=O) groups excluding carboxylic acids is 1. The van der Waals surface area contributed by atoms with Crippen molar-refractivity contribution >= 4 is 5.91 Å². The fourth-order valence-corrected chi connectivity index (χ4v) is 2.90. The Morgan fingerprint density at radius 1 is 1.00 bits per heavy atom. The molecule has 0 spiro atoms. The Morgan fingerprint density at radius 2 is 1.61 bits per heavy atom. The Kier molecular flexibility index (Phi) is 5.40. The molecule has 1 saturated heterocycles. The molecule has 1 N–H and O–H groups in total. The minimum Gasteiger partial charge on any atom is -0.379 e. The molecule has 2 aromatic carbocycles. The smallest absolute Gasteiger partial charge is 0.251 e. The van der Waals surface area contributed by atoms with Crippen molar-refractivity contribution in [2.24, 2.45) is 0 Å². The molecule has 2 aromatic rings. The molecule has 1 heterocycles.